The highest BCUT2D eigenvalue weighted by molar-refractivity contribution is 7.47. The van der Waals surface area contributed by atoms with Gasteiger partial charge in [0, 0.05) is 12.8 Å². The predicted octanol–water partition coefficient (Wildman–Crippen LogP) is 9.03. The van der Waals surface area contributed by atoms with Gasteiger partial charge in [-0.25, -0.2) is 4.57 Å². The van der Waals surface area contributed by atoms with E-state index < -0.39 is 63.8 Å². The van der Waals surface area contributed by atoms with Crippen LogP contribution in [0.3, 0.4) is 0 Å². The average Bonchev–Trinajstić information content (AvgIpc) is 3.12. The second-order valence-electron chi connectivity index (χ2n) is 13.6. The molecule has 0 bridgehead atoms. The summed E-state index contributed by atoms with van der Waals surface area (Å²) in [6.45, 7) is 2.58. The molecule has 0 aromatic rings. The van der Waals surface area contributed by atoms with Gasteiger partial charge < -0.3 is 30.3 Å². The lowest BCUT2D eigenvalue weighted by molar-refractivity contribution is -0.161. The molecule has 0 rings (SSSR count). The number of nitrogens with two attached hydrogens (primary N) is 1. The van der Waals surface area contributed by atoms with Crippen molar-refractivity contribution in [2.24, 2.45) is 5.73 Å². The molecule has 0 saturated carbocycles. The van der Waals surface area contributed by atoms with Crippen molar-refractivity contribution in [3.63, 3.8) is 0 Å². The minimum Gasteiger partial charge on any atom is -0.480 e. The maximum absolute atomic E-state index is 12.6. The number of carbonyl (C=O) groups is 3. The van der Waals surface area contributed by atoms with E-state index in [-0.39, 0.29) is 12.8 Å². The van der Waals surface area contributed by atoms with Crippen LogP contribution in [0.25, 0.3) is 0 Å². The minimum absolute atomic E-state index is 0.0614. The molecular weight excluding hydrogens is 701 g/mol. The molecule has 13 heteroatoms. The molecule has 2 unspecified atom stereocenters. The van der Waals surface area contributed by atoms with Crippen LogP contribution in [0.15, 0.2) is 36.5 Å². The molecule has 0 radical (unpaired) electrons. The fraction of sp³-hybridized carbons (Fsp3) is 0.775. The zero-order valence-electron chi connectivity index (χ0n) is 32.7. The highest BCUT2D eigenvalue weighted by Gasteiger charge is 2.28. The third-order valence-corrected chi connectivity index (χ3v) is 9.45. The molecule has 0 spiro atoms. The van der Waals surface area contributed by atoms with Crippen LogP contribution in [-0.4, -0.2) is 71.1 Å². The predicted molar refractivity (Wildman–Crippen MR) is 209 cm³/mol. The fourth-order valence-electron chi connectivity index (χ4n) is 5.25. The summed E-state index contributed by atoms with van der Waals surface area (Å²) >= 11 is 0. The molecule has 12 nitrogen and oxygen atoms in total. The Bertz CT molecular complexity index is 1070. The first kappa shape index (κ1) is 50.7. The lowest BCUT2D eigenvalue weighted by atomic mass is 10.1. The van der Waals surface area contributed by atoms with Crippen molar-refractivity contribution in [2.45, 2.75) is 180 Å². The number of aliphatic hydroxyl groups excluding tert-OH is 1. The van der Waals surface area contributed by atoms with Crippen LogP contribution in [0, 0.1) is 0 Å². The lowest BCUT2D eigenvalue weighted by Gasteiger charge is -2.20. The SMILES string of the molecule is CCCCCCCC/C=C/C/C=C/C=C/C(O)CCCC(=O)O[C@H](COC(=O)CCCCCCCCCCCCC)COP(=O)(O)OC[C@H](N)C(=O)O. The van der Waals surface area contributed by atoms with E-state index in [1.54, 1.807) is 12.2 Å². The van der Waals surface area contributed by atoms with E-state index in [0.717, 1.165) is 32.1 Å². The van der Waals surface area contributed by atoms with Crippen molar-refractivity contribution in [1.29, 1.82) is 0 Å². The van der Waals surface area contributed by atoms with Crippen LogP contribution in [0.2, 0.25) is 0 Å². The second kappa shape index (κ2) is 35.4. The van der Waals surface area contributed by atoms with Gasteiger partial charge in [-0.15, -0.1) is 0 Å². The highest BCUT2D eigenvalue weighted by Crippen LogP contribution is 2.43. The van der Waals surface area contributed by atoms with Crippen molar-refractivity contribution in [3.8, 4) is 0 Å². The first-order chi connectivity index (χ1) is 25.5. The summed E-state index contributed by atoms with van der Waals surface area (Å²) in [5.74, 6) is -2.60. The number of hydrogen-bond acceptors (Lipinski definition) is 10. The molecule has 0 aliphatic carbocycles. The van der Waals surface area contributed by atoms with E-state index in [0.29, 0.717) is 19.3 Å². The van der Waals surface area contributed by atoms with Gasteiger partial charge in [-0.3, -0.25) is 23.4 Å². The van der Waals surface area contributed by atoms with E-state index in [9.17, 15) is 28.9 Å². The average molecular weight is 774 g/mol. The number of allylic oxidation sites excluding steroid dienone is 5. The number of aliphatic carboxylic acids is 1. The molecule has 0 aliphatic heterocycles. The molecule has 0 amide bonds. The van der Waals surface area contributed by atoms with Crippen LogP contribution in [0.4, 0.5) is 0 Å². The molecule has 0 heterocycles. The summed E-state index contributed by atoms with van der Waals surface area (Å²) in [4.78, 5) is 45.8. The maximum atomic E-state index is 12.6. The van der Waals surface area contributed by atoms with Crippen LogP contribution in [0.5, 0.6) is 0 Å². The molecule has 5 N–H and O–H groups in total. The van der Waals surface area contributed by atoms with Gasteiger partial charge in [0.25, 0.3) is 0 Å². The van der Waals surface area contributed by atoms with E-state index in [1.807, 2.05) is 12.2 Å². The summed E-state index contributed by atoms with van der Waals surface area (Å²) in [5.41, 5.74) is 5.31. The number of esters is 2. The van der Waals surface area contributed by atoms with Gasteiger partial charge in [0.2, 0.25) is 0 Å². The largest absolute Gasteiger partial charge is 0.480 e. The summed E-state index contributed by atoms with van der Waals surface area (Å²) in [6, 6.07) is -1.55. The zero-order chi connectivity index (χ0) is 39.4. The number of carboxylic acids is 1. The van der Waals surface area contributed by atoms with Gasteiger partial charge in [-0.1, -0.05) is 147 Å². The van der Waals surface area contributed by atoms with Crippen molar-refractivity contribution >= 4 is 25.7 Å². The topological polar surface area (TPSA) is 192 Å². The summed E-state index contributed by atoms with van der Waals surface area (Å²) in [6.07, 6.45) is 32.5. The fourth-order valence-corrected chi connectivity index (χ4v) is 6.03. The Balaban J connectivity index is 4.61. The smallest absolute Gasteiger partial charge is 0.472 e. The molecular formula is C40H72NO11P. The van der Waals surface area contributed by atoms with E-state index in [2.05, 4.69) is 30.5 Å². The van der Waals surface area contributed by atoms with Gasteiger partial charge >= 0.3 is 25.7 Å². The van der Waals surface area contributed by atoms with Crippen molar-refractivity contribution in [3.05, 3.63) is 36.5 Å². The third-order valence-electron chi connectivity index (χ3n) is 8.50. The molecule has 308 valence electrons. The first-order valence-corrected chi connectivity index (χ1v) is 21.6. The number of carbonyl (C=O) groups excluding carboxylic acids is 2. The number of rotatable bonds is 37. The number of phosphoric ester groups is 1. The first-order valence-electron chi connectivity index (χ1n) is 20.1. The standard InChI is InChI=1S/C40H72NO11P/c1-3-5-7-9-11-13-15-16-18-19-21-23-25-28-35(42)29-27-31-39(44)52-36(33-50-53(47,48)51-34-37(41)40(45)46)32-49-38(43)30-26-24-22-20-17-14-12-10-8-6-4-2/h16,18,21,23,25,28,35-37,42H,3-15,17,19-20,22,24,26-27,29-34,41H2,1-2H3,(H,45,46)(H,47,48)/b18-16+,23-21+,28-25+/t35?,36-,37+/m1/s1. The quantitative estimate of drug-likeness (QED) is 0.0154. The molecule has 0 aliphatic rings. The van der Waals surface area contributed by atoms with Crippen LogP contribution in [-0.2, 0) is 37.5 Å². The van der Waals surface area contributed by atoms with Gasteiger partial charge in [0.1, 0.15) is 12.6 Å². The highest BCUT2D eigenvalue weighted by atomic mass is 31.2. The Hall–Kier alpha value is -2.34. The van der Waals surface area contributed by atoms with Gasteiger partial charge in [0.15, 0.2) is 6.10 Å². The number of unbranched alkanes of at least 4 members (excludes halogenated alkanes) is 16. The van der Waals surface area contributed by atoms with Crippen LogP contribution in [0.1, 0.15) is 162 Å². The van der Waals surface area contributed by atoms with Crippen molar-refractivity contribution in [1.82, 2.24) is 0 Å². The van der Waals surface area contributed by atoms with E-state index in [1.165, 1.54) is 83.5 Å². The van der Waals surface area contributed by atoms with Crippen molar-refractivity contribution < 1.29 is 52.6 Å². The van der Waals surface area contributed by atoms with Gasteiger partial charge in [-0.2, -0.15) is 0 Å². The molecule has 4 atom stereocenters. The van der Waals surface area contributed by atoms with Gasteiger partial charge in [-0.05, 0) is 38.5 Å². The molecule has 0 fully saturated rings. The molecule has 0 aromatic carbocycles. The molecule has 0 saturated heterocycles. The second-order valence-corrected chi connectivity index (χ2v) is 15.1. The monoisotopic (exact) mass is 773 g/mol. The third kappa shape index (κ3) is 35.1. The summed E-state index contributed by atoms with van der Waals surface area (Å²) < 4.78 is 32.4. The number of aliphatic hydroxyl groups is 1. The molecule has 53 heavy (non-hydrogen) atoms. The Morgan fingerprint density at radius 2 is 1.23 bits per heavy atom. The number of ether oxygens (including phenoxy) is 2. The Labute approximate surface area is 319 Å². The summed E-state index contributed by atoms with van der Waals surface area (Å²) in [5, 5.41) is 19.1. The Morgan fingerprint density at radius 1 is 0.679 bits per heavy atom. The van der Waals surface area contributed by atoms with E-state index in [4.69, 9.17) is 24.8 Å². The number of phosphoric acid groups is 1. The number of carboxylic acid groups (broad SMARTS) is 1. The van der Waals surface area contributed by atoms with Crippen LogP contribution >= 0.6 is 7.82 Å². The Morgan fingerprint density at radius 3 is 1.83 bits per heavy atom. The van der Waals surface area contributed by atoms with E-state index >= 15 is 0 Å². The molecule has 0 aromatic heterocycles. The van der Waals surface area contributed by atoms with Gasteiger partial charge in [0.05, 0.1) is 19.3 Å². The Kier molecular flexibility index (Phi) is 33.8. The number of hydrogen-bond donors (Lipinski definition) is 4. The lowest BCUT2D eigenvalue weighted by Crippen LogP contribution is -2.34. The van der Waals surface area contributed by atoms with Crippen molar-refractivity contribution in [2.75, 3.05) is 19.8 Å². The maximum Gasteiger partial charge on any atom is 0.472 e. The minimum atomic E-state index is -4.76. The normalized spacial score (nSPS) is 14.8. The zero-order valence-corrected chi connectivity index (χ0v) is 33.6. The van der Waals surface area contributed by atoms with Crippen LogP contribution < -0.4 is 5.73 Å². The summed E-state index contributed by atoms with van der Waals surface area (Å²) in [7, 11) is -4.76.